The fraction of sp³-hybridized carbons (Fsp3) is 0.500. The summed E-state index contributed by atoms with van der Waals surface area (Å²) in [5.41, 5.74) is 8.47. The molecule has 0 fully saturated rings. The molecule has 3 nitrogen and oxygen atoms in total. The minimum absolute atomic E-state index is 0.0619. The molecular formula is C14H21N3. The zero-order chi connectivity index (χ0) is 13.1. The van der Waals surface area contributed by atoms with Gasteiger partial charge in [0.15, 0.2) is 0 Å². The standard InChI is InChI=1S/C14H21N3/c1-10-5-6-12(11(7-10)8-15)17-13(9-16)14(2,3)4/h5-7,13,17H,9,16H2,1-4H3. The van der Waals surface area contributed by atoms with Gasteiger partial charge in [-0.3, -0.25) is 0 Å². The minimum Gasteiger partial charge on any atom is -0.379 e. The summed E-state index contributed by atoms with van der Waals surface area (Å²) in [6, 6.07) is 8.20. The number of nitriles is 1. The van der Waals surface area contributed by atoms with Crippen LogP contribution in [0.1, 0.15) is 31.9 Å². The van der Waals surface area contributed by atoms with Crippen molar-refractivity contribution in [2.45, 2.75) is 33.7 Å². The molecule has 0 heterocycles. The molecule has 0 aromatic heterocycles. The highest BCUT2D eigenvalue weighted by molar-refractivity contribution is 5.59. The van der Waals surface area contributed by atoms with E-state index in [1.807, 2.05) is 25.1 Å². The van der Waals surface area contributed by atoms with Crippen LogP contribution in [0, 0.1) is 23.7 Å². The molecule has 0 aliphatic heterocycles. The first-order valence-electron chi connectivity index (χ1n) is 5.86. The van der Waals surface area contributed by atoms with Crippen LogP contribution in [-0.2, 0) is 0 Å². The zero-order valence-corrected chi connectivity index (χ0v) is 11.0. The SMILES string of the molecule is Cc1ccc(NC(CN)C(C)(C)C)c(C#N)c1. The van der Waals surface area contributed by atoms with E-state index in [9.17, 15) is 0 Å². The lowest BCUT2D eigenvalue weighted by Crippen LogP contribution is -2.40. The average molecular weight is 231 g/mol. The molecular weight excluding hydrogens is 210 g/mol. The molecule has 0 saturated heterocycles. The van der Waals surface area contributed by atoms with Crippen LogP contribution in [0.15, 0.2) is 18.2 Å². The van der Waals surface area contributed by atoms with Crippen LogP contribution in [0.3, 0.4) is 0 Å². The van der Waals surface area contributed by atoms with Crippen LogP contribution < -0.4 is 11.1 Å². The number of aryl methyl sites for hydroxylation is 1. The first-order valence-corrected chi connectivity index (χ1v) is 5.86. The number of hydrogen-bond acceptors (Lipinski definition) is 3. The van der Waals surface area contributed by atoms with E-state index in [4.69, 9.17) is 11.0 Å². The number of nitrogens with one attached hydrogen (secondary N) is 1. The maximum atomic E-state index is 9.11. The first kappa shape index (κ1) is 13.5. The number of nitrogens with zero attached hydrogens (tertiary/aromatic N) is 1. The molecule has 1 unspecified atom stereocenters. The second-order valence-corrected chi connectivity index (χ2v) is 5.46. The van der Waals surface area contributed by atoms with E-state index in [-0.39, 0.29) is 11.5 Å². The van der Waals surface area contributed by atoms with Gasteiger partial charge in [0.25, 0.3) is 0 Å². The Morgan fingerprint density at radius 2 is 2.06 bits per heavy atom. The Labute approximate surface area is 104 Å². The first-order chi connectivity index (χ1) is 7.88. The molecule has 0 bridgehead atoms. The molecule has 3 heteroatoms. The summed E-state index contributed by atoms with van der Waals surface area (Å²) < 4.78 is 0. The Bertz CT molecular complexity index is 424. The van der Waals surface area contributed by atoms with Gasteiger partial charge in [-0.15, -0.1) is 0 Å². The number of rotatable bonds is 3. The van der Waals surface area contributed by atoms with Crippen LogP contribution in [0.25, 0.3) is 0 Å². The van der Waals surface area contributed by atoms with Crippen LogP contribution in [0.4, 0.5) is 5.69 Å². The molecule has 1 aromatic rings. The molecule has 92 valence electrons. The molecule has 0 aliphatic carbocycles. The number of nitrogens with two attached hydrogens (primary N) is 1. The third kappa shape index (κ3) is 3.47. The summed E-state index contributed by atoms with van der Waals surface area (Å²) in [5.74, 6) is 0. The van der Waals surface area contributed by atoms with E-state index in [0.29, 0.717) is 12.1 Å². The Hall–Kier alpha value is -1.53. The van der Waals surface area contributed by atoms with Gasteiger partial charge >= 0.3 is 0 Å². The molecule has 0 aliphatic rings. The number of anilines is 1. The third-order valence-electron chi connectivity index (χ3n) is 2.91. The lowest BCUT2D eigenvalue weighted by molar-refractivity contribution is 0.346. The summed E-state index contributed by atoms with van der Waals surface area (Å²) in [7, 11) is 0. The van der Waals surface area contributed by atoms with Gasteiger partial charge in [0, 0.05) is 12.6 Å². The van der Waals surface area contributed by atoms with E-state index in [2.05, 4.69) is 32.2 Å². The lowest BCUT2D eigenvalue weighted by Gasteiger charge is -2.31. The smallest absolute Gasteiger partial charge is 0.101 e. The van der Waals surface area contributed by atoms with Crippen molar-refractivity contribution in [1.82, 2.24) is 0 Å². The van der Waals surface area contributed by atoms with Crippen LogP contribution in [-0.4, -0.2) is 12.6 Å². The van der Waals surface area contributed by atoms with Gasteiger partial charge in [0.05, 0.1) is 11.3 Å². The monoisotopic (exact) mass is 231 g/mol. The molecule has 1 atom stereocenters. The van der Waals surface area contributed by atoms with E-state index in [1.165, 1.54) is 0 Å². The zero-order valence-electron chi connectivity index (χ0n) is 11.0. The summed E-state index contributed by atoms with van der Waals surface area (Å²) in [6.07, 6.45) is 0. The molecule has 0 saturated carbocycles. The Balaban J connectivity index is 2.99. The second-order valence-electron chi connectivity index (χ2n) is 5.46. The molecule has 17 heavy (non-hydrogen) atoms. The summed E-state index contributed by atoms with van der Waals surface area (Å²) in [6.45, 7) is 8.93. The maximum absolute atomic E-state index is 9.11. The average Bonchev–Trinajstić information content (AvgIpc) is 2.25. The van der Waals surface area contributed by atoms with E-state index in [1.54, 1.807) is 0 Å². The minimum atomic E-state index is 0.0619. The van der Waals surface area contributed by atoms with Crippen molar-refractivity contribution in [2.75, 3.05) is 11.9 Å². The van der Waals surface area contributed by atoms with Gasteiger partial charge in [-0.2, -0.15) is 5.26 Å². The van der Waals surface area contributed by atoms with Crippen molar-refractivity contribution >= 4 is 5.69 Å². The van der Waals surface area contributed by atoms with Gasteiger partial charge in [-0.05, 0) is 30.0 Å². The topological polar surface area (TPSA) is 61.8 Å². The predicted octanol–water partition coefficient (Wildman–Crippen LogP) is 2.65. The Morgan fingerprint density at radius 3 is 2.53 bits per heavy atom. The van der Waals surface area contributed by atoms with Gasteiger partial charge in [-0.1, -0.05) is 26.8 Å². The Kier molecular flexibility index (Phi) is 4.14. The van der Waals surface area contributed by atoms with Crippen molar-refractivity contribution in [3.05, 3.63) is 29.3 Å². The van der Waals surface area contributed by atoms with Gasteiger partial charge in [0.2, 0.25) is 0 Å². The fourth-order valence-electron chi connectivity index (χ4n) is 1.69. The number of hydrogen-bond donors (Lipinski definition) is 2. The Morgan fingerprint density at radius 1 is 1.41 bits per heavy atom. The fourth-order valence-corrected chi connectivity index (χ4v) is 1.69. The maximum Gasteiger partial charge on any atom is 0.101 e. The molecule has 3 N–H and O–H groups in total. The van der Waals surface area contributed by atoms with Crippen LogP contribution in [0.2, 0.25) is 0 Å². The van der Waals surface area contributed by atoms with Gasteiger partial charge < -0.3 is 11.1 Å². The van der Waals surface area contributed by atoms with Gasteiger partial charge in [0.1, 0.15) is 6.07 Å². The van der Waals surface area contributed by atoms with Crippen molar-refractivity contribution in [3.8, 4) is 6.07 Å². The molecule has 1 aromatic carbocycles. The van der Waals surface area contributed by atoms with E-state index >= 15 is 0 Å². The van der Waals surface area contributed by atoms with E-state index in [0.717, 1.165) is 11.3 Å². The van der Waals surface area contributed by atoms with E-state index < -0.39 is 0 Å². The van der Waals surface area contributed by atoms with Crippen molar-refractivity contribution < 1.29 is 0 Å². The quantitative estimate of drug-likeness (QED) is 0.840. The van der Waals surface area contributed by atoms with Crippen molar-refractivity contribution in [2.24, 2.45) is 11.1 Å². The molecule has 0 radical (unpaired) electrons. The highest BCUT2D eigenvalue weighted by atomic mass is 15.0. The lowest BCUT2D eigenvalue weighted by atomic mass is 9.86. The summed E-state index contributed by atoms with van der Waals surface area (Å²) >= 11 is 0. The third-order valence-corrected chi connectivity index (χ3v) is 2.91. The highest BCUT2D eigenvalue weighted by Gasteiger charge is 2.23. The molecule has 0 amide bonds. The number of benzene rings is 1. The summed E-state index contributed by atoms with van der Waals surface area (Å²) in [5, 5.41) is 12.5. The molecule has 0 spiro atoms. The normalized spacial score (nSPS) is 12.9. The predicted molar refractivity (Wildman–Crippen MR) is 71.8 cm³/mol. The molecule has 1 rings (SSSR count). The highest BCUT2D eigenvalue weighted by Crippen LogP contribution is 2.24. The second kappa shape index (κ2) is 5.20. The van der Waals surface area contributed by atoms with Crippen molar-refractivity contribution in [1.29, 1.82) is 5.26 Å². The largest absolute Gasteiger partial charge is 0.379 e. The van der Waals surface area contributed by atoms with Crippen LogP contribution >= 0.6 is 0 Å². The summed E-state index contributed by atoms with van der Waals surface area (Å²) in [4.78, 5) is 0. The van der Waals surface area contributed by atoms with Gasteiger partial charge in [-0.25, -0.2) is 0 Å². The van der Waals surface area contributed by atoms with Crippen molar-refractivity contribution in [3.63, 3.8) is 0 Å². The van der Waals surface area contributed by atoms with Crippen LogP contribution in [0.5, 0.6) is 0 Å².